The Labute approximate surface area is 271 Å². The molecule has 0 radical (unpaired) electrons. The molecule has 6 heterocycles. The van der Waals surface area contributed by atoms with Crippen LogP contribution in [0.2, 0.25) is 5.15 Å². The van der Waals surface area contributed by atoms with Gasteiger partial charge in [-0.05, 0) is 74.8 Å². The van der Waals surface area contributed by atoms with Crippen LogP contribution in [0.4, 0.5) is 4.79 Å². The summed E-state index contributed by atoms with van der Waals surface area (Å²) in [5.41, 5.74) is 5.62. The van der Waals surface area contributed by atoms with E-state index in [0.717, 1.165) is 53.1 Å². The fourth-order valence-electron chi connectivity index (χ4n) is 7.36. The van der Waals surface area contributed by atoms with Crippen molar-refractivity contribution in [3.05, 3.63) is 82.6 Å². The molecule has 11 heteroatoms. The van der Waals surface area contributed by atoms with Crippen LogP contribution in [0.15, 0.2) is 60.7 Å². The lowest BCUT2D eigenvalue weighted by molar-refractivity contribution is 0.0719. The average molecular weight is 639 g/mol. The maximum Gasteiger partial charge on any atom is 0.407 e. The molecule has 2 aliphatic heterocycles. The molecule has 3 fully saturated rings. The van der Waals surface area contributed by atoms with Gasteiger partial charge < -0.3 is 24.3 Å². The summed E-state index contributed by atoms with van der Waals surface area (Å²) in [6.07, 6.45) is 4.37. The summed E-state index contributed by atoms with van der Waals surface area (Å²) < 4.78 is 15.5. The third-order valence-corrected chi connectivity index (χ3v) is 9.96. The van der Waals surface area contributed by atoms with Gasteiger partial charge >= 0.3 is 6.09 Å². The van der Waals surface area contributed by atoms with Crippen molar-refractivity contribution in [2.45, 2.75) is 70.3 Å². The number of hydrogen-bond acceptors (Lipinski definition) is 6. The summed E-state index contributed by atoms with van der Waals surface area (Å²) in [4.78, 5) is 38.4. The van der Waals surface area contributed by atoms with Gasteiger partial charge in [-0.15, -0.1) is 0 Å². The van der Waals surface area contributed by atoms with Gasteiger partial charge in [-0.1, -0.05) is 41.9 Å². The standard InChI is InChI=1S/C35H35ClN6O4/c1-20-32(28-14-23-10-13-29(36)38-33(23)40(28)18-21-8-9-21)39-30-15-24(16-31(45-2)41(20)30)34(43)42-25-11-12-27(42)26(17-25)37-35(44)46-19-22-6-4-3-5-7-22/h3-7,10,13-16,21,25-27H,8-9,11-12,17-19H2,1-2H3,(H,37,44)/t25?,26-,27?/m1/s1. The van der Waals surface area contributed by atoms with E-state index in [4.69, 9.17) is 26.1 Å². The fourth-order valence-corrected chi connectivity index (χ4v) is 7.51. The van der Waals surface area contributed by atoms with Crippen LogP contribution in [0.1, 0.15) is 53.7 Å². The normalized spacial score (nSPS) is 20.5. The minimum atomic E-state index is -0.464. The number of aryl methyl sites for hydroxylation is 1. The van der Waals surface area contributed by atoms with Crippen LogP contribution in [-0.2, 0) is 17.9 Å². The second-order valence-electron chi connectivity index (χ2n) is 12.7. The maximum atomic E-state index is 14.1. The number of carbonyl (C=O) groups is 2. The number of alkyl carbamates (subject to hydrolysis) is 1. The third-order valence-electron chi connectivity index (χ3n) is 9.75. The van der Waals surface area contributed by atoms with Crippen LogP contribution in [0.3, 0.4) is 0 Å². The highest BCUT2D eigenvalue weighted by molar-refractivity contribution is 6.29. The molecule has 2 unspecified atom stereocenters. The predicted molar refractivity (Wildman–Crippen MR) is 174 cm³/mol. The molecule has 8 rings (SSSR count). The van der Waals surface area contributed by atoms with Crippen LogP contribution in [0.25, 0.3) is 28.1 Å². The van der Waals surface area contributed by atoms with Crippen LogP contribution in [-0.4, -0.2) is 61.1 Å². The molecule has 3 aliphatic rings. The number of halogens is 1. The molecule has 2 amide bonds. The van der Waals surface area contributed by atoms with E-state index in [0.29, 0.717) is 34.6 Å². The topological polar surface area (TPSA) is 103 Å². The molecule has 4 aromatic heterocycles. The number of methoxy groups -OCH3 is 1. The molecule has 5 aromatic rings. The average Bonchev–Trinajstić information content (AvgIpc) is 3.38. The number of nitrogens with one attached hydrogen (secondary N) is 1. The van der Waals surface area contributed by atoms with Crippen LogP contribution in [0, 0.1) is 12.8 Å². The minimum Gasteiger partial charge on any atom is -0.482 e. The van der Waals surface area contributed by atoms with Crippen molar-refractivity contribution in [1.29, 1.82) is 0 Å². The number of carbonyl (C=O) groups excluding carboxylic acids is 2. The summed E-state index contributed by atoms with van der Waals surface area (Å²) in [6, 6.07) is 18.9. The lowest BCUT2D eigenvalue weighted by Gasteiger charge is -2.25. The smallest absolute Gasteiger partial charge is 0.407 e. The number of hydrogen-bond donors (Lipinski definition) is 1. The first-order valence-corrected chi connectivity index (χ1v) is 16.3. The van der Waals surface area contributed by atoms with Crippen LogP contribution in [0.5, 0.6) is 5.88 Å². The first-order valence-electron chi connectivity index (χ1n) is 15.9. The zero-order valence-corrected chi connectivity index (χ0v) is 26.5. The summed E-state index contributed by atoms with van der Waals surface area (Å²) in [5.74, 6) is 1.07. The number of pyridine rings is 2. The molecule has 10 nitrogen and oxygen atoms in total. The number of fused-ring (bicyclic) bond motifs is 4. The number of rotatable bonds is 8. The molecule has 1 aromatic carbocycles. The molecule has 1 N–H and O–H groups in total. The van der Waals surface area contributed by atoms with E-state index in [-0.39, 0.29) is 30.6 Å². The Hall–Kier alpha value is -4.57. The highest BCUT2D eigenvalue weighted by Crippen LogP contribution is 2.40. The molecule has 2 bridgehead atoms. The Morgan fingerprint density at radius 2 is 1.85 bits per heavy atom. The zero-order valence-electron chi connectivity index (χ0n) is 25.8. The second kappa shape index (κ2) is 11.3. The lowest BCUT2D eigenvalue weighted by atomic mass is 9.96. The van der Waals surface area contributed by atoms with Crippen molar-refractivity contribution < 1.29 is 19.1 Å². The molecule has 0 spiro atoms. The largest absolute Gasteiger partial charge is 0.482 e. The summed E-state index contributed by atoms with van der Waals surface area (Å²) in [5, 5.41) is 4.49. The number of aromatic nitrogens is 4. The Kier molecular flexibility index (Phi) is 7.12. The predicted octanol–water partition coefficient (Wildman–Crippen LogP) is 6.40. The number of benzene rings is 1. The highest BCUT2D eigenvalue weighted by Gasteiger charge is 2.49. The highest BCUT2D eigenvalue weighted by atomic mass is 35.5. The fraction of sp³-hybridized carbons (Fsp3) is 0.371. The van der Waals surface area contributed by atoms with Gasteiger partial charge in [0.15, 0.2) is 5.88 Å². The van der Waals surface area contributed by atoms with Gasteiger partial charge in [-0.2, -0.15) is 0 Å². The van der Waals surface area contributed by atoms with Gasteiger partial charge in [0.25, 0.3) is 5.91 Å². The quantitative estimate of drug-likeness (QED) is 0.197. The van der Waals surface area contributed by atoms with E-state index < -0.39 is 6.09 Å². The third kappa shape index (κ3) is 5.05. The molecule has 236 valence electrons. The molecular formula is C35H35ClN6O4. The van der Waals surface area contributed by atoms with E-state index in [2.05, 4.69) is 20.9 Å². The molecule has 46 heavy (non-hydrogen) atoms. The van der Waals surface area contributed by atoms with Gasteiger partial charge in [0.2, 0.25) is 0 Å². The van der Waals surface area contributed by atoms with Crippen molar-refractivity contribution >= 4 is 40.3 Å². The zero-order chi connectivity index (χ0) is 31.5. The van der Waals surface area contributed by atoms with E-state index in [9.17, 15) is 9.59 Å². The van der Waals surface area contributed by atoms with Gasteiger partial charge in [0, 0.05) is 29.6 Å². The Balaban J connectivity index is 1.08. The minimum absolute atomic E-state index is 0.0497. The van der Waals surface area contributed by atoms with Crippen LogP contribution < -0.4 is 10.1 Å². The number of nitrogens with zero attached hydrogens (tertiary/aromatic N) is 5. The molecular weight excluding hydrogens is 604 g/mol. The Morgan fingerprint density at radius 3 is 2.63 bits per heavy atom. The first-order chi connectivity index (χ1) is 22.4. The van der Waals surface area contributed by atoms with Crippen molar-refractivity contribution in [3.63, 3.8) is 0 Å². The molecule has 3 atom stereocenters. The van der Waals surface area contributed by atoms with Crippen molar-refractivity contribution in [2.75, 3.05) is 7.11 Å². The van der Waals surface area contributed by atoms with Gasteiger partial charge in [0.05, 0.1) is 30.6 Å². The SMILES string of the molecule is COc1cc(C(=O)N2C3CCC2[C@H](NC(=O)OCc2ccccc2)C3)cc2nc(-c3cc4ccc(Cl)nc4n3CC3CC3)c(C)n12. The Morgan fingerprint density at radius 1 is 1.02 bits per heavy atom. The van der Waals surface area contributed by atoms with Crippen molar-refractivity contribution in [2.24, 2.45) is 5.92 Å². The van der Waals surface area contributed by atoms with Gasteiger partial charge in [-0.25, -0.2) is 14.8 Å². The van der Waals surface area contributed by atoms with E-state index in [1.54, 1.807) is 13.2 Å². The molecule has 2 saturated heterocycles. The summed E-state index contributed by atoms with van der Waals surface area (Å²) >= 11 is 6.31. The van der Waals surface area contributed by atoms with Crippen LogP contribution >= 0.6 is 11.6 Å². The van der Waals surface area contributed by atoms with Crippen molar-refractivity contribution in [1.82, 2.24) is 29.2 Å². The van der Waals surface area contributed by atoms with Gasteiger partial charge in [-0.3, -0.25) is 9.20 Å². The lowest BCUT2D eigenvalue weighted by Crippen LogP contribution is -2.45. The summed E-state index contributed by atoms with van der Waals surface area (Å²) in [6.45, 7) is 3.08. The van der Waals surface area contributed by atoms with Crippen molar-refractivity contribution in [3.8, 4) is 17.3 Å². The monoisotopic (exact) mass is 638 g/mol. The Bertz CT molecular complexity index is 1980. The number of imidazole rings is 1. The second-order valence-corrected chi connectivity index (χ2v) is 13.1. The van der Waals surface area contributed by atoms with E-state index >= 15 is 0 Å². The van der Waals surface area contributed by atoms with Gasteiger partial charge in [0.1, 0.15) is 28.7 Å². The summed E-state index contributed by atoms with van der Waals surface area (Å²) in [7, 11) is 1.61. The maximum absolute atomic E-state index is 14.1. The molecule has 1 saturated carbocycles. The molecule has 1 aliphatic carbocycles. The van der Waals surface area contributed by atoms with E-state index in [1.807, 2.05) is 64.8 Å². The van der Waals surface area contributed by atoms with E-state index in [1.165, 1.54) is 12.8 Å². The first kappa shape index (κ1) is 28.9. The number of amides is 2. The number of ether oxygens (including phenoxy) is 2.